The largest absolute Gasteiger partial charge is 0.458 e. The van der Waals surface area contributed by atoms with Gasteiger partial charge in [0.2, 0.25) is 0 Å². The molecule has 6 aliphatic rings. The van der Waals surface area contributed by atoms with Gasteiger partial charge in [0.1, 0.15) is 6.61 Å². The molecule has 4 aliphatic carbocycles. The second kappa shape index (κ2) is 7.54. The summed E-state index contributed by atoms with van der Waals surface area (Å²) in [7, 11) is 0. The maximum Gasteiger partial charge on any atom is 0.331 e. The molecule has 0 aromatic rings. The molecule has 0 radical (unpaired) electrons. The molecule has 2 N–H and O–H groups in total. The summed E-state index contributed by atoms with van der Waals surface area (Å²) >= 11 is 0. The van der Waals surface area contributed by atoms with Gasteiger partial charge < -0.3 is 24.4 Å². The van der Waals surface area contributed by atoms with E-state index in [0.29, 0.717) is 19.4 Å². The van der Waals surface area contributed by atoms with Crippen molar-refractivity contribution in [1.29, 1.82) is 0 Å². The molecule has 5 fully saturated rings. The Morgan fingerprint density at radius 2 is 1.66 bits per heavy atom. The fourth-order valence-corrected chi connectivity index (χ4v) is 9.48. The van der Waals surface area contributed by atoms with E-state index in [1.54, 1.807) is 6.08 Å². The number of esters is 3. The minimum atomic E-state index is -1.51. The van der Waals surface area contributed by atoms with Crippen LogP contribution in [-0.4, -0.2) is 52.2 Å². The highest BCUT2D eigenvalue weighted by Gasteiger charge is 2.74. The lowest BCUT2D eigenvalue weighted by atomic mass is 9.41. The molecule has 8 atom stereocenters. The first-order valence-electron chi connectivity index (χ1n) is 13.2. The van der Waals surface area contributed by atoms with Gasteiger partial charge in [0.25, 0.3) is 5.79 Å². The molecule has 4 saturated carbocycles. The van der Waals surface area contributed by atoms with Crippen molar-refractivity contribution in [2.45, 2.75) is 95.5 Å². The molecule has 0 bridgehead atoms. The minimum Gasteiger partial charge on any atom is -0.458 e. The van der Waals surface area contributed by atoms with E-state index in [1.807, 2.05) is 0 Å². The number of hydrogen-bond donors (Lipinski definition) is 2. The maximum atomic E-state index is 12.7. The zero-order chi connectivity index (χ0) is 24.8. The highest BCUT2D eigenvalue weighted by molar-refractivity contribution is 5.85. The van der Waals surface area contributed by atoms with Gasteiger partial charge in [-0.1, -0.05) is 13.8 Å². The first-order valence-corrected chi connectivity index (χ1v) is 13.2. The highest BCUT2D eigenvalue weighted by atomic mass is 16.7. The zero-order valence-corrected chi connectivity index (χ0v) is 20.6. The van der Waals surface area contributed by atoms with Crippen LogP contribution < -0.4 is 0 Å². The molecular formula is C27H36O8. The fourth-order valence-electron chi connectivity index (χ4n) is 9.48. The van der Waals surface area contributed by atoms with Crippen molar-refractivity contribution in [3.63, 3.8) is 0 Å². The van der Waals surface area contributed by atoms with Crippen LogP contribution in [-0.2, 0) is 28.6 Å². The number of fused-ring (bicyclic) bond motifs is 6. The molecular weight excluding hydrogens is 452 g/mol. The van der Waals surface area contributed by atoms with Crippen LogP contribution in [0.3, 0.4) is 0 Å². The molecule has 1 saturated heterocycles. The smallest absolute Gasteiger partial charge is 0.331 e. The van der Waals surface area contributed by atoms with Crippen LogP contribution in [0.4, 0.5) is 0 Å². The van der Waals surface area contributed by atoms with Crippen LogP contribution in [0.2, 0.25) is 0 Å². The Kier molecular flexibility index (Phi) is 5.06. The number of cyclic esters (lactones) is 1. The Bertz CT molecular complexity index is 985. The van der Waals surface area contributed by atoms with E-state index in [-0.39, 0.29) is 48.9 Å². The lowest BCUT2D eigenvalue weighted by Crippen LogP contribution is -2.70. The van der Waals surface area contributed by atoms with Gasteiger partial charge in [-0.2, -0.15) is 0 Å². The second-order valence-corrected chi connectivity index (χ2v) is 12.4. The van der Waals surface area contributed by atoms with Gasteiger partial charge in [-0.05, 0) is 74.2 Å². The van der Waals surface area contributed by atoms with E-state index in [4.69, 9.17) is 14.2 Å². The topological polar surface area (TPSA) is 119 Å². The van der Waals surface area contributed by atoms with Crippen molar-refractivity contribution < 1.29 is 38.8 Å². The molecule has 192 valence electrons. The second-order valence-electron chi connectivity index (χ2n) is 12.4. The Labute approximate surface area is 205 Å². The van der Waals surface area contributed by atoms with Gasteiger partial charge >= 0.3 is 17.9 Å². The van der Waals surface area contributed by atoms with Crippen LogP contribution in [0.5, 0.6) is 0 Å². The summed E-state index contributed by atoms with van der Waals surface area (Å²) in [5.74, 6) is -2.74. The third-order valence-corrected chi connectivity index (χ3v) is 11.2. The van der Waals surface area contributed by atoms with E-state index in [9.17, 15) is 24.6 Å². The number of aliphatic hydroxyl groups is 2. The first kappa shape index (κ1) is 23.5. The van der Waals surface area contributed by atoms with Gasteiger partial charge in [-0.15, -0.1) is 0 Å². The Morgan fingerprint density at radius 3 is 2.31 bits per heavy atom. The fraction of sp³-hybridized carbons (Fsp3) is 0.815. The number of aliphatic hydroxyl groups excluding tert-OH is 1. The maximum absolute atomic E-state index is 12.7. The van der Waals surface area contributed by atoms with Crippen LogP contribution >= 0.6 is 0 Å². The van der Waals surface area contributed by atoms with E-state index in [2.05, 4.69) is 13.8 Å². The molecule has 35 heavy (non-hydrogen) atoms. The Hall–Kier alpha value is -1.93. The number of hydrogen-bond acceptors (Lipinski definition) is 8. The van der Waals surface area contributed by atoms with Crippen LogP contribution in [0.1, 0.15) is 78.1 Å². The highest BCUT2D eigenvalue weighted by Crippen LogP contribution is 2.72. The number of ether oxygens (including phenoxy) is 3. The van der Waals surface area contributed by atoms with Gasteiger partial charge in [0.05, 0.1) is 36.4 Å². The van der Waals surface area contributed by atoms with Crippen molar-refractivity contribution >= 4 is 17.9 Å². The van der Waals surface area contributed by atoms with Crippen molar-refractivity contribution in [2.24, 2.45) is 34.5 Å². The SMILES string of the molecule is C[C@]12[C@H](CC[C@@H]3[C@@H]1CC[C@]1(C)[C@@H](C4=CC(=O)OC4)CC[C@]31O)C[C@H](O)CC21OC(=O)CCC(=O)O1. The Balaban J connectivity index is 1.40. The summed E-state index contributed by atoms with van der Waals surface area (Å²) in [4.78, 5) is 37.1. The molecule has 2 heterocycles. The summed E-state index contributed by atoms with van der Waals surface area (Å²) in [5, 5.41) is 23.2. The monoisotopic (exact) mass is 488 g/mol. The van der Waals surface area contributed by atoms with E-state index >= 15 is 0 Å². The first-order chi connectivity index (χ1) is 16.5. The molecule has 0 amide bonds. The summed E-state index contributed by atoms with van der Waals surface area (Å²) in [6, 6.07) is 0. The van der Waals surface area contributed by atoms with Gasteiger partial charge in [-0.3, -0.25) is 9.59 Å². The third kappa shape index (κ3) is 3.02. The van der Waals surface area contributed by atoms with Gasteiger partial charge in [-0.25, -0.2) is 4.79 Å². The lowest BCUT2D eigenvalue weighted by Gasteiger charge is -2.66. The number of carbonyl (C=O) groups excluding carboxylic acids is 3. The lowest BCUT2D eigenvalue weighted by molar-refractivity contribution is -0.338. The van der Waals surface area contributed by atoms with Gasteiger partial charge in [0, 0.05) is 11.5 Å². The normalized spacial score (nSPS) is 48.6. The molecule has 0 aromatic carbocycles. The summed E-state index contributed by atoms with van der Waals surface area (Å²) < 4.78 is 17.2. The van der Waals surface area contributed by atoms with E-state index in [0.717, 1.165) is 37.7 Å². The molecule has 2 aliphatic heterocycles. The molecule has 8 heteroatoms. The summed E-state index contributed by atoms with van der Waals surface area (Å²) in [5.41, 5.74) is -1.06. The van der Waals surface area contributed by atoms with Crippen molar-refractivity contribution in [3.8, 4) is 0 Å². The summed E-state index contributed by atoms with van der Waals surface area (Å²) in [6.07, 6.45) is 6.04. The van der Waals surface area contributed by atoms with Crippen molar-refractivity contribution in [2.75, 3.05) is 6.61 Å². The third-order valence-electron chi connectivity index (χ3n) is 11.2. The molecule has 1 spiro atoms. The quantitative estimate of drug-likeness (QED) is 0.541. The van der Waals surface area contributed by atoms with Crippen LogP contribution in [0, 0.1) is 34.5 Å². The minimum absolute atomic E-state index is 0.0138. The predicted octanol–water partition coefficient (Wildman–Crippen LogP) is 2.79. The summed E-state index contributed by atoms with van der Waals surface area (Å²) in [6.45, 7) is 4.53. The predicted molar refractivity (Wildman–Crippen MR) is 121 cm³/mol. The molecule has 8 nitrogen and oxygen atoms in total. The average molecular weight is 489 g/mol. The molecule has 0 aromatic heterocycles. The standard InChI is InChI=1S/C27H36O8/c1-24-9-7-19-20(26(24,32)10-8-18(24)15-11-23(31)33-14-15)4-3-16-12-17(28)13-27(25(16,19)2)34-21(29)5-6-22(30)35-27/h11,16-20,28,32H,3-10,12-14H2,1-2H3/t16-,17+,18-,19+,20-,24-,25+,26+/m1/s1. The number of rotatable bonds is 1. The van der Waals surface area contributed by atoms with Crippen molar-refractivity contribution in [3.05, 3.63) is 11.6 Å². The van der Waals surface area contributed by atoms with Crippen LogP contribution in [0.25, 0.3) is 0 Å². The zero-order valence-electron chi connectivity index (χ0n) is 20.6. The number of carbonyl (C=O) groups is 3. The molecule has 0 unspecified atom stereocenters. The average Bonchev–Trinajstić information content (AvgIpc) is 3.28. The Morgan fingerprint density at radius 1 is 0.943 bits per heavy atom. The van der Waals surface area contributed by atoms with E-state index < -0.39 is 40.3 Å². The van der Waals surface area contributed by atoms with Gasteiger partial charge in [0.15, 0.2) is 0 Å². The van der Waals surface area contributed by atoms with Crippen molar-refractivity contribution in [1.82, 2.24) is 0 Å². The van der Waals surface area contributed by atoms with E-state index in [1.165, 1.54) is 0 Å². The molecule has 6 rings (SSSR count). The van der Waals surface area contributed by atoms with Crippen LogP contribution in [0.15, 0.2) is 11.6 Å².